The van der Waals surface area contributed by atoms with Crippen LogP contribution >= 0.6 is 0 Å². The lowest BCUT2D eigenvalue weighted by Crippen LogP contribution is -2.33. The number of pyridine rings is 1. The van der Waals surface area contributed by atoms with Gasteiger partial charge in [0.15, 0.2) is 0 Å². The van der Waals surface area contributed by atoms with Gasteiger partial charge >= 0.3 is 0 Å². The number of rotatable bonds is 3. The lowest BCUT2D eigenvalue weighted by molar-refractivity contribution is 0.617. The Morgan fingerprint density at radius 1 is 1.32 bits per heavy atom. The van der Waals surface area contributed by atoms with E-state index in [1.54, 1.807) is 26.1 Å². The van der Waals surface area contributed by atoms with Crippen molar-refractivity contribution in [2.45, 2.75) is 26.9 Å². The maximum absolute atomic E-state index is 12.1. The molecule has 6 nitrogen and oxygen atoms in total. The van der Waals surface area contributed by atoms with E-state index < -0.39 is 0 Å². The fraction of sp³-hybridized carbons (Fsp3) is 0.308. The van der Waals surface area contributed by atoms with E-state index in [-0.39, 0.29) is 11.1 Å². The van der Waals surface area contributed by atoms with Gasteiger partial charge in [0.25, 0.3) is 11.1 Å². The quantitative estimate of drug-likeness (QED) is 0.815. The summed E-state index contributed by atoms with van der Waals surface area (Å²) in [6.07, 6.45) is 1.64. The zero-order valence-electron chi connectivity index (χ0n) is 10.9. The van der Waals surface area contributed by atoms with E-state index >= 15 is 0 Å². The zero-order valence-corrected chi connectivity index (χ0v) is 10.9. The Balaban J connectivity index is 2.44. The second kappa shape index (κ2) is 5.19. The molecule has 0 unspecified atom stereocenters. The summed E-state index contributed by atoms with van der Waals surface area (Å²) < 4.78 is 1.31. The fourth-order valence-electron chi connectivity index (χ4n) is 1.82. The summed E-state index contributed by atoms with van der Waals surface area (Å²) in [5, 5.41) is 2.57. The molecule has 19 heavy (non-hydrogen) atoms. The third-order valence-corrected chi connectivity index (χ3v) is 3.14. The number of hydrogen-bond acceptors (Lipinski definition) is 4. The van der Waals surface area contributed by atoms with Gasteiger partial charge in [-0.25, -0.2) is 4.68 Å². The second-order valence-corrected chi connectivity index (χ2v) is 4.44. The first kappa shape index (κ1) is 13.2. The molecule has 0 bridgehead atoms. The highest BCUT2D eigenvalue weighted by Gasteiger charge is 2.07. The highest BCUT2D eigenvalue weighted by molar-refractivity contribution is 5.20. The van der Waals surface area contributed by atoms with E-state index in [4.69, 9.17) is 5.73 Å². The van der Waals surface area contributed by atoms with Gasteiger partial charge in [-0.2, -0.15) is 0 Å². The van der Waals surface area contributed by atoms with Crippen LogP contribution in [-0.4, -0.2) is 14.8 Å². The molecule has 2 aromatic heterocycles. The van der Waals surface area contributed by atoms with Gasteiger partial charge in [0.1, 0.15) is 0 Å². The summed E-state index contributed by atoms with van der Waals surface area (Å²) in [7, 11) is 0. The van der Waals surface area contributed by atoms with Gasteiger partial charge in [0.05, 0.1) is 12.2 Å². The van der Waals surface area contributed by atoms with Crippen molar-refractivity contribution in [2.24, 2.45) is 5.73 Å². The molecule has 0 aliphatic rings. The van der Waals surface area contributed by atoms with Gasteiger partial charge in [-0.15, -0.1) is 0 Å². The minimum absolute atomic E-state index is 0.191. The van der Waals surface area contributed by atoms with E-state index in [1.807, 2.05) is 6.07 Å². The van der Waals surface area contributed by atoms with Crippen LogP contribution in [0.25, 0.3) is 0 Å². The van der Waals surface area contributed by atoms with E-state index in [0.717, 1.165) is 11.3 Å². The van der Waals surface area contributed by atoms with Crippen LogP contribution in [0, 0.1) is 13.8 Å². The van der Waals surface area contributed by atoms with E-state index in [0.29, 0.717) is 24.2 Å². The molecule has 0 aliphatic heterocycles. The second-order valence-electron chi connectivity index (χ2n) is 4.44. The summed E-state index contributed by atoms with van der Waals surface area (Å²) in [6.45, 7) is 3.93. The molecule has 2 heterocycles. The highest BCUT2D eigenvalue weighted by Crippen LogP contribution is 2.02. The van der Waals surface area contributed by atoms with Crippen molar-refractivity contribution >= 4 is 0 Å². The average Bonchev–Trinajstić information content (AvgIpc) is 2.42. The Bertz CT molecular complexity index is 715. The fourth-order valence-corrected chi connectivity index (χ4v) is 1.82. The number of H-pyrrole nitrogens is 1. The molecule has 0 spiro atoms. The van der Waals surface area contributed by atoms with Crippen molar-refractivity contribution in [3.05, 3.63) is 61.4 Å². The minimum atomic E-state index is -0.245. The molecule has 3 N–H and O–H groups in total. The first-order chi connectivity index (χ1) is 9.02. The lowest BCUT2D eigenvalue weighted by atomic mass is 10.2. The average molecular weight is 260 g/mol. The topological polar surface area (TPSA) is 93.8 Å². The standard InChI is InChI=1S/C13H16N4O2/c1-8-9(2)13(19)17(16-12(8)18)7-10-3-4-15-11(5-10)6-14/h3-5H,6-7,14H2,1-2H3,(H,16,18). The third-order valence-electron chi connectivity index (χ3n) is 3.14. The van der Waals surface area contributed by atoms with Crippen LogP contribution < -0.4 is 16.9 Å². The SMILES string of the molecule is Cc1c(C)c(=O)n(Cc2ccnc(CN)c2)[nH]c1=O. The Kier molecular flexibility index (Phi) is 3.62. The largest absolute Gasteiger partial charge is 0.325 e. The van der Waals surface area contributed by atoms with Crippen molar-refractivity contribution < 1.29 is 0 Å². The Labute approximate surface area is 109 Å². The van der Waals surface area contributed by atoms with Crippen molar-refractivity contribution in [1.29, 1.82) is 0 Å². The normalized spacial score (nSPS) is 10.7. The van der Waals surface area contributed by atoms with Crippen molar-refractivity contribution in [3.8, 4) is 0 Å². The van der Waals surface area contributed by atoms with E-state index in [9.17, 15) is 9.59 Å². The van der Waals surface area contributed by atoms with Gasteiger partial charge in [0.2, 0.25) is 0 Å². The number of nitrogens with one attached hydrogen (secondary N) is 1. The van der Waals surface area contributed by atoms with Crippen LogP contribution in [0.15, 0.2) is 27.9 Å². The molecule has 0 aromatic carbocycles. The Hall–Kier alpha value is -2.21. The Morgan fingerprint density at radius 2 is 2.05 bits per heavy atom. The van der Waals surface area contributed by atoms with Gasteiger partial charge < -0.3 is 5.73 Å². The summed E-state index contributed by atoms with van der Waals surface area (Å²) >= 11 is 0. The van der Waals surface area contributed by atoms with Crippen LogP contribution in [0.2, 0.25) is 0 Å². The summed E-state index contributed by atoms with van der Waals surface area (Å²) in [4.78, 5) is 27.8. The molecule has 0 fully saturated rings. The molecule has 0 amide bonds. The van der Waals surface area contributed by atoms with Crippen LogP contribution in [-0.2, 0) is 13.1 Å². The number of nitrogens with zero attached hydrogens (tertiary/aromatic N) is 2. The van der Waals surface area contributed by atoms with Gasteiger partial charge in [-0.1, -0.05) is 0 Å². The minimum Gasteiger partial charge on any atom is -0.325 e. The molecule has 0 saturated heterocycles. The molecule has 6 heteroatoms. The van der Waals surface area contributed by atoms with Gasteiger partial charge in [-0.3, -0.25) is 19.7 Å². The highest BCUT2D eigenvalue weighted by atomic mass is 16.2. The van der Waals surface area contributed by atoms with E-state index in [1.165, 1.54) is 4.68 Å². The molecule has 2 aromatic rings. The van der Waals surface area contributed by atoms with Crippen molar-refractivity contribution in [3.63, 3.8) is 0 Å². The molecule has 2 rings (SSSR count). The predicted octanol–water partition coefficient (Wildman–Crippen LogP) is 0.0554. The number of aromatic amines is 1. The number of nitrogens with two attached hydrogens (primary N) is 1. The summed E-state index contributed by atoms with van der Waals surface area (Å²) in [6, 6.07) is 3.61. The summed E-state index contributed by atoms with van der Waals surface area (Å²) in [5.74, 6) is 0. The third kappa shape index (κ3) is 2.63. The summed E-state index contributed by atoms with van der Waals surface area (Å²) in [5.41, 5.74) is 7.63. The van der Waals surface area contributed by atoms with E-state index in [2.05, 4.69) is 10.1 Å². The smallest absolute Gasteiger partial charge is 0.268 e. The molecule has 0 radical (unpaired) electrons. The molecular formula is C13H16N4O2. The molecule has 0 aliphatic carbocycles. The van der Waals surface area contributed by atoms with Crippen LogP contribution in [0.3, 0.4) is 0 Å². The predicted molar refractivity (Wildman–Crippen MR) is 72.0 cm³/mol. The molecule has 100 valence electrons. The number of hydrogen-bond donors (Lipinski definition) is 2. The van der Waals surface area contributed by atoms with Crippen LogP contribution in [0.5, 0.6) is 0 Å². The van der Waals surface area contributed by atoms with Crippen molar-refractivity contribution in [1.82, 2.24) is 14.8 Å². The van der Waals surface area contributed by atoms with Crippen molar-refractivity contribution in [2.75, 3.05) is 0 Å². The van der Waals surface area contributed by atoms with Crippen LogP contribution in [0.1, 0.15) is 22.4 Å². The Morgan fingerprint density at radius 3 is 2.74 bits per heavy atom. The monoisotopic (exact) mass is 260 g/mol. The molecular weight excluding hydrogens is 244 g/mol. The van der Waals surface area contributed by atoms with Gasteiger partial charge in [0, 0.05) is 23.9 Å². The van der Waals surface area contributed by atoms with Crippen LogP contribution in [0.4, 0.5) is 0 Å². The molecule has 0 saturated carbocycles. The first-order valence-electron chi connectivity index (χ1n) is 5.97. The lowest BCUT2D eigenvalue weighted by Gasteiger charge is -2.08. The molecule has 0 atom stereocenters. The maximum Gasteiger partial charge on any atom is 0.268 e. The maximum atomic E-state index is 12.1. The first-order valence-corrected chi connectivity index (χ1v) is 5.97. The number of aromatic nitrogens is 3. The zero-order chi connectivity index (χ0) is 14.0. The van der Waals surface area contributed by atoms with Gasteiger partial charge in [-0.05, 0) is 31.5 Å².